The van der Waals surface area contributed by atoms with Crippen LogP contribution in [0.4, 0.5) is 0 Å². The summed E-state index contributed by atoms with van der Waals surface area (Å²) in [7, 11) is 0. The number of aryl methyl sites for hydroxylation is 1. The number of carbonyl (C=O) groups excluding carboxylic acids is 4. The van der Waals surface area contributed by atoms with E-state index in [-0.39, 0.29) is 32.7 Å². The molecule has 1 heterocycles. The molecule has 0 spiro atoms. The standard InChI is InChI=1S/C41H59N6O8.C2H6.3CH3.Sn/c1-27-17-29(22-47(25-34(50)54-40(8,9)10)26-35(51)55-41(11,12)13)20-31(18-27)37-44-42-36(43-45-37)30-16-14-15-28(19-30)21-46(23-32(48)52-38(2,3)4)24-33(49)53-39(5,6)7;1-2;;;;/h15-20H,21-26H2,1-13H3,(H,42,43)(H,44,45);1-2H3;3*1H3;. The Balaban J connectivity index is 0.00000631. The SMILES string of the molecule is CC.Cc1cc(CN(CC(=O)OC(C)(C)C)CC(=O)OC(C)(C)C)cc(C2=NNC(c3cc(CN(CC(=O)OC(C)(C)C)CC(=O)OC(C)(C)C)c[c]([Sn]([CH3])([CH3])[CH3])c3)=NN2)c1. The first-order chi connectivity index (χ1) is 27.8. The summed E-state index contributed by atoms with van der Waals surface area (Å²) in [5, 5.41) is 9.37. The van der Waals surface area contributed by atoms with Gasteiger partial charge >= 0.3 is 272 Å². The molecule has 0 bridgehead atoms. The van der Waals surface area contributed by atoms with Crippen molar-refractivity contribution in [3.8, 4) is 0 Å². The van der Waals surface area contributed by atoms with E-state index in [1.165, 1.54) is 3.58 Å². The fraction of sp³-hybridized carbons (Fsp3) is 0.609. The molecule has 0 saturated heterocycles. The Hall–Kier alpha value is -4.02. The first-order valence-corrected chi connectivity index (χ1v) is 31.1. The number of hydrogen-bond acceptors (Lipinski definition) is 14. The summed E-state index contributed by atoms with van der Waals surface area (Å²) in [5.41, 5.74) is 7.81. The Morgan fingerprint density at radius 1 is 0.525 bits per heavy atom. The van der Waals surface area contributed by atoms with Gasteiger partial charge in [-0.05, 0) is 41.5 Å². The number of carbonyl (C=O) groups is 4. The minimum absolute atomic E-state index is 0.0957. The fourth-order valence-electron chi connectivity index (χ4n) is 6.05. The molecule has 0 atom stereocenters. The third kappa shape index (κ3) is 21.1. The fourth-order valence-corrected chi connectivity index (χ4v) is 9.49. The van der Waals surface area contributed by atoms with Crippen molar-refractivity contribution in [1.82, 2.24) is 20.7 Å². The van der Waals surface area contributed by atoms with Crippen LogP contribution in [0.5, 0.6) is 0 Å². The van der Waals surface area contributed by atoms with Crippen LogP contribution in [0.3, 0.4) is 0 Å². The third-order valence-corrected chi connectivity index (χ3v) is 13.8. The van der Waals surface area contributed by atoms with E-state index in [1.54, 1.807) is 51.3 Å². The molecule has 0 saturated carbocycles. The average molecular weight is 958 g/mol. The summed E-state index contributed by atoms with van der Waals surface area (Å²) in [5.74, 6) is -0.770. The predicted octanol–water partition coefficient (Wildman–Crippen LogP) is 6.75. The van der Waals surface area contributed by atoms with Crippen molar-refractivity contribution >= 4 is 57.5 Å². The molecule has 2 aromatic carbocycles. The van der Waals surface area contributed by atoms with Gasteiger partial charge in [-0.15, -0.1) is 0 Å². The summed E-state index contributed by atoms with van der Waals surface area (Å²) in [6.45, 7) is 27.8. The Morgan fingerprint density at radius 3 is 1.13 bits per heavy atom. The van der Waals surface area contributed by atoms with Gasteiger partial charge in [-0.25, -0.2) is 0 Å². The van der Waals surface area contributed by atoms with Crippen molar-refractivity contribution in [2.24, 2.45) is 10.2 Å². The normalized spacial score (nSPS) is 13.5. The second-order valence-corrected chi connectivity index (χ2v) is 34.6. The second-order valence-electron chi connectivity index (χ2n) is 20.2. The van der Waals surface area contributed by atoms with Crippen LogP contribution in [0.25, 0.3) is 0 Å². The van der Waals surface area contributed by atoms with Gasteiger partial charge in [0.25, 0.3) is 0 Å². The number of benzene rings is 2. The van der Waals surface area contributed by atoms with Gasteiger partial charge in [0.05, 0.1) is 13.1 Å². The number of nitrogens with zero attached hydrogens (tertiary/aromatic N) is 4. The van der Waals surface area contributed by atoms with Crippen molar-refractivity contribution in [3.05, 3.63) is 64.2 Å². The first-order valence-electron chi connectivity index (χ1n) is 21.1. The topological polar surface area (TPSA) is 160 Å². The van der Waals surface area contributed by atoms with E-state index >= 15 is 0 Å². The Labute approximate surface area is 369 Å². The van der Waals surface area contributed by atoms with Crippen LogP contribution in [-0.4, -0.2) is 112 Å². The van der Waals surface area contributed by atoms with Gasteiger partial charge in [0.1, 0.15) is 11.2 Å². The van der Waals surface area contributed by atoms with Gasteiger partial charge in [-0.1, -0.05) is 13.8 Å². The van der Waals surface area contributed by atoms with E-state index < -0.39 is 64.7 Å². The Kier molecular flexibility index (Phi) is 19.0. The molecular formula is C46H74N6O8Sn. The molecule has 2 N–H and O–H groups in total. The number of esters is 4. The summed E-state index contributed by atoms with van der Waals surface area (Å²) < 4.78 is 23.6. The zero-order valence-corrected chi connectivity index (χ0v) is 43.1. The van der Waals surface area contributed by atoms with Crippen molar-refractivity contribution in [2.45, 2.75) is 154 Å². The summed E-state index contributed by atoms with van der Waals surface area (Å²) in [4.78, 5) is 62.1. The molecule has 0 aliphatic carbocycles. The monoisotopic (exact) mass is 958 g/mol. The van der Waals surface area contributed by atoms with Gasteiger partial charge in [0.15, 0.2) is 0 Å². The van der Waals surface area contributed by atoms with Crippen molar-refractivity contribution < 1.29 is 38.1 Å². The average Bonchev–Trinajstić information content (AvgIpc) is 3.05. The number of rotatable bonds is 15. The third-order valence-electron chi connectivity index (χ3n) is 7.99. The molecule has 14 nitrogen and oxygen atoms in total. The van der Waals surface area contributed by atoms with Crippen LogP contribution in [0.2, 0.25) is 14.8 Å². The molecule has 0 unspecified atom stereocenters. The van der Waals surface area contributed by atoms with E-state index in [4.69, 9.17) is 24.0 Å². The van der Waals surface area contributed by atoms with Crippen LogP contribution in [0, 0.1) is 6.92 Å². The Bertz CT molecular complexity index is 1850. The second kappa shape index (κ2) is 21.9. The van der Waals surface area contributed by atoms with Crippen LogP contribution in [0.15, 0.2) is 46.6 Å². The van der Waals surface area contributed by atoms with Crippen molar-refractivity contribution in [2.75, 3.05) is 26.2 Å². The van der Waals surface area contributed by atoms with E-state index in [1.807, 2.05) is 86.6 Å². The predicted molar refractivity (Wildman–Crippen MR) is 245 cm³/mol. The molecule has 0 radical (unpaired) electrons. The van der Waals surface area contributed by atoms with Gasteiger partial charge in [0.2, 0.25) is 0 Å². The summed E-state index contributed by atoms with van der Waals surface area (Å²) >= 11 is -2.71. The summed E-state index contributed by atoms with van der Waals surface area (Å²) in [6.07, 6.45) is 0. The molecule has 3 rings (SSSR count). The maximum atomic E-state index is 13.0. The molecule has 0 fully saturated rings. The van der Waals surface area contributed by atoms with E-state index in [9.17, 15) is 19.2 Å². The van der Waals surface area contributed by atoms with E-state index in [0.29, 0.717) is 18.2 Å². The number of ether oxygens (including phenoxy) is 4. The molecule has 2 aromatic rings. The van der Waals surface area contributed by atoms with Crippen molar-refractivity contribution in [1.29, 1.82) is 0 Å². The zero-order chi connectivity index (χ0) is 46.7. The molecule has 1 aliphatic rings. The molecule has 61 heavy (non-hydrogen) atoms. The van der Waals surface area contributed by atoms with Crippen LogP contribution >= 0.6 is 0 Å². The first kappa shape index (κ1) is 53.1. The minimum atomic E-state index is -2.71. The zero-order valence-electron chi connectivity index (χ0n) is 40.3. The van der Waals surface area contributed by atoms with Gasteiger partial charge in [-0.3, -0.25) is 9.59 Å². The quantitative estimate of drug-likeness (QED) is 0.110. The van der Waals surface area contributed by atoms with E-state index in [2.05, 4.69) is 42.9 Å². The molecule has 1 aliphatic heterocycles. The number of hydrazone groups is 2. The van der Waals surface area contributed by atoms with Gasteiger partial charge in [-0.2, -0.15) is 0 Å². The molecule has 340 valence electrons. The number of nitrogens with one attached hydrogen (secondary N) is 2. The number of hydrogen-bond donors (Lipinski definition) is 2. The van der Waals surface area contributed by atoms with E-state index in [0.717, 1.165) is 27.8 Å². The van der Waals surface area contributed by atoms with Crippen LogP contribution in [-0.2, 0) is 51.2 Å². The summed E-state index contributed by atoms with van der Waals surface area (Å²) in [6, 6.07) is 12.2. The molecular weight excluding hydrogens is 883 g/mol. The maximum absolute atomic E-state index is 13.0. The van der Waals surface area contributed by atoms with Crippen LogP contribution in [0.1, 0.15) is 125 Å². The molecule has 15 heteroatoms. The number of amidine groups is 2. The van der Waals surface area contributed by atoms with Gasteiger partial charge in [0, 0.05) is 0 Å². The Morgan fingerprint density at radius 2 is 0.836 bits per heavy atom. The van der Waals surface area contributed by atoms with Gasteiger partial charge < -0.3 is 9.47 Å². The van der Waals surface area contributed by atoms with Crippen LogP contribution < -0.4 is 14.4 Å². The van der Waals surface area contributed by atoms with Crippen molar-refractivity contribution in [3.63, 3.8) is 0 Å². The molecule has 0 aromatic heterocycles. The molecule has 0 amide bonds.